The molecule has 4 nitrogen and oxygen atoms in total. The molecule has 1 N–H and O–H groups in total. The van der Waals surface area contributed by atoms with E-state index in [1.807, 2.05) is 4.68 Å². The fourth-order valence-electron chi connectivity index (χ4n) is 1.58. The summed E-state index contributed by atoms with van der Waals surface area (Å²) in [5.74, 6) is 0. The predicted molar refractivity (Wildman–Crippen MR) is 37.2 cm³/mol. The third kappa shape index (κ3) is 0.895. The van der Waals surface area contributed by atoms with Gasteiger partial charge in [0.25, 0.3) is 5.69 Å². The first-order valence-electron chi connectivity index (χ1n) is 3.91. The summed E-state index contributed by atoms with van der Waals surface area (Å²) in [7, 11) is 0. The highest BCUT2D eigenvalue weighted by Crippen LogP contribution is 2.12. The first kappa shape index (κ1) is 6.64. The number of rotatable bonds is 0. The van der Waals surface area contributed by atoms with Crippen molar-refractivity contribution >= 4 is 0 Å². The lowest BCUT2D eigenvalue weighted by molar-refractivity contribution is -0.792. The Bertz CT molecular complexity index is 312. The minimum atomic E-state index is -0.212. The number of aromatic amines is 1. The van der Waals surface area contributed by atoms with Crippen LogP contribution in [0, 0.1) is 0 Å². The summed E-state index contributed by atoms with van der Waals surface area (Å²) in [6, 6.07) is 0.380. The van der Waals surface area contributed by atoms with Gasteiger partial charge in [0, 0.05) is 19.8 Å². The molecule has 2 rings (SSSR count). The first-order chi connectivity index (χ1) is 5.29. The van der Waals surface area contributed by atoms with E-state index in [0.29, 0.717) is 6.04 Å². The van der Waals surface area contributed by atoms with Gasteiger partial charge >= 0.3 is 5.63 Å². The van der Waals surface area contributed by atoms with Crippen LogP contribution in [0.25, 0.3) is 0 Å². The second kappa shape index (κ2) is 2.22. The lowest BCUT2D eigenvalue weighted by Gasteiger charge is -2.07. The molecule has 11 heavy (non-hydrogen) atoms. The van der Waals surface area contributed by atoms with E-state index >= 15 is 0 Å². The Morgan fingerprint density at radius 1 is 1.73 bits per heavy atom. The van der Waals surface area contributed by atoms with Gasteiger partial charge in [0.15, 0.2) is 6.04 Å². The van der Waals surface area contributed by atoms with E-state index in [1.165, 1.54) is 0 Å². The van der Waals surface area contributed by atoms with Gasteiger partial charge in [-0.3, -0.25) is 4.52 Å². The quantitative estimate of drug-likeness (QED) is 0.542. The van der Waals surface area contributed by atoms with Crippen molar-refractivity contribution in [2.75, 3.05) is 0 Å². The van der Waals surface area contributed by atoms with Gasteiger partial charge < -0.3 is 0 Å². The van der Waals surface area contributed by atoms with Crippen LogP contribution in [0.15, 0.2) is 9.32 Å². The molecule has 0 saturated carbocycles. The maximum Gasteiger partial charge on any atom is 0.429 e. The van der Waals surface area contributed by atoms with E-state index in [2.05, 4.69) is 16.7 Å². The zero-order chi connectivity index (χ0) is 7.84. The van der Waals surface area contributed by atoms with Crippen LogP contribution in [-0.2, 0) is 6.42 Å². The molecule has 0 radical (unpaired) electrons. The number of hydrogen-bond acceptors (Lipinski definition) is 2. The number of nitrogens with one attached hydrogen (secondary N) is 1. The van der Waals surface area contributed by atoms with Crippen LogP contribution in [-0.4, -0.2) is 5.27 Å². The van der Waals surface area contributed by atoms with Crippen molar-refractivity contribution < 1.29 is 9.20 Å². The zero-order valence-corrected chi connectivity index (χ0v) is 6.46. The third-order valence-corrected chi connectivity index (χ3v) is 2.24. The van der Waals surface area contributed by atoms with Gasteiger partial charge in [-0.25, -0.2) is 4.79 Å². The molecule has 0 aliphatic carbocycles. The molecule has 1 atom stereocenters. The lowest BCUT2D eigenvalue weighted by atomic mass is 10.1. The molecule has 1 aliphatic heterocycles. The van der Waals surface area contributed by atoms with E-state index in [4.69, 9.17) is 0 Å². The van der Waals surface area contributed by atoms with Gasteiger partial charge in [-0.05, 0) is 11.7 Å². The SMILES string of the molecule is C[C@@H]1CCCc2c(=O)o[nH][n+]21. The van der Waals surface area contributed by atoms with Crippen molar-refractivity contribution in [1.29, 1.82) is 0 Å². The highest BCUT2D eigenvalue weighted by Gasteiger charge is 2.29. The molecule has 0 unspecified atom stereocenters. The van der Waals surface area contributed by atoms with Crippen LogP contribution in [0.1, 0.15) is 31.5 Å². The van der Waals surface area contributed by atoms with Crippen molar-refractivity contribution in [3.8, 4) is 0 Å². The minimum absolute atomic E-state index is 0.212. The standard InChI is InChI=1S/C7H10N2O2/c1-5-3-2-4-6-7(10)11-8-9(5)6/h5H,2-4H2,1H3/p+1/t5-/m1/s1. The highest BCUT2D eigenvalue weighted by molar-refractivity contribution is 4.85. The van der Waals surface area contributed by atoms with Gasteiger partial charge in [-0.1, -0.05) is 4.68 Å². The van der Waals surface area contributed by atoms with Gasteiger partial charge in [0.05, 0.1) is 0 Å². The van der Waals surface area contributed by atoms with Gasteiger partial charge in [0.1, 0.15) is 0 Å². The molecule has 0 fully saturated rings. The second-order valence-corrected chi connectivity index (χ2v) is 3.04. The summed E-state index contributed by atoms with van der Waals surface area (Å²) in [4.78, 5) is 11.0. The molecule has 0 bridgehead atoms. The van der Waals surface area contributed by atoms with Crippen molar-refractivity contribution in [3.63, 3.8) is 0 Å². The molecular formula is C7H11N2O2+. The van der Waals surface area contributed by atoms with Crippen LogP contribution in [0.2, 0.25) is 0 Å². The maximum atomic E-state index is 11.0. The highest BCUT2D eigenvalue weighted by atomic mass is 16.5. The summed E-state index contributed by atoms with van der Waals surface area (Å²) in [6.07, 6.45) is 3.05. The largest absolute Gasteiger partial charge is 0.429 e. The lowest BCUT2D eigenvalue weighted by Crippen LogP contribution is -2.47. The predicted octanol–water partition coefficient (Wildman–Crippen LogP) is 0.153. The van der Waals surface area contributed by atoms with Gasteiger partial charge in [-0.15, -0.1) is 0 Å². The van der Waals surface area contributed by atoms with Crippen LogP contribution >= 0.6 is 0 Å². The fraction of sp³-hybridized carbons (Fsp3) is 0.714. The van der Waals surface area contributed by atoms with E-state index in [9.17, 15) is 4.79 Å². The topological polar surface area (TPSA) is 49.9 Å². The van der Waals surface area contributed by atoms with Crippen molar-refractivity contribution in [2.24, 2.45) is 0 Å². The van der Waals surface area contributed by atoms with Crippen molar-refractivity contribution in [3.05, 3.63) is 16.1 Å². The molecule has 4 heteroatoms. The number of nitrogens with zero attached hydrogens (tertiary/aromatic N) is 1. The summed E-state index contributed by atoms with van der Waals surface area (Å²) in [5, 5.41) is 2.60. The van der Waals surface area contributed by atoms with E-state index in [-0.39, 0.29) is 5.63 Å². The van der Waals surface area contributed by atoms with E-state index in [0.717, 1.165) is 25.0 Å². The Kier molecular flexibility index (Phi) is 1.34. The molecule has 0 spiro atoms. The summed E-state index contributed by atoms with van der Waals surface area (Å²) in [5.41, 5.74) is 0.570. The third-order valence-electron chi connectivity index (χ3n) is 2.24. The molecule has 60 valence electrons. The Labute approximate surface area is 63.8 Å². The number of fused-ring (bicyclic) bond motifs is 1. The Morgan fingerprint density at radius 2 is 2.55 bits per heavy atom. The summed E-state index contributed by atoms with van der Waals surface area (Å²) >= 11 is 0. The molecule has 1 aromatic rings. The summed E-state index contributed by atoms with van der Waals surface area (Å²) < 4.78 is 6.50. The van der Waals surface area contributed by atoms with Crippen LogP contribution in [0.4, 0.5) is 0 Å². The van der Waals surface area contributed by atoms with Crippen LogP contribution in [0.5, 0.6) is 0 Å². The zero-order valence-electron chi connectivity index (χ0n) is 6.46. The average molecular weight is 155 g/mol. The molecule has 0 aromatic carbocycles. The van der Waals surface area contributed by atoms with Crippen LogP contribution in [0.3, 0.4) is 0 Å². The smallest absolute Gasteiger partial charge is 0.283 e. The number of H-pyrrole nitrogens is 1. The normalized spacial score (nSPS) is 23.2. The molecular weight excluding hydrogens is 144 g/mol. The van der Waals surface area contributed by atoms with Crippen molar-refractivity contribution in [1.82, 2.24) is 5.27 Å². The summed E-state index contributed by atoms with van der Waals surface area (Å²) in [6.45, 7) is 2.08. The molecule has 2 heterocycles. The average Bonchev–Trinajstić information content (AvgIpc) is 2.35. The minimum Gasteiger partial charge on any atom is -0.283 e. The fourth-order valence-corrected chi connectivity index (χ4v) is 1.58. The van der Waals surface area contributed by atoms with Crippen LogP contribution < -0.4 is 10.3 Å². The monoisotopic (exact) mass is 155 g/mol. The number of hydrogen-bond donors (Lipinski definition) is 1. The number of aromatic nitrogens is 2. The van der Waals surface area contributed by atoms with E-state index in [1.54, 1.807) is 0 Å². The second-order valence-electron chi connectivity index (χ2n) is 3.04. The van der Waals surface area contributed by atoms with Gasteiger partial charge in [-0.2, -0.15) is 0 Å². The Hall–Kier alpha value is -1.06. The molecule has 1 aromatic heterocycles. The van der Waals surface area contributed by atoms with E-state index < -0.39 is 0 Å². The maximum absolute atomic E-state index is 11.0. The molecule has 0 saturated heterocycles. The first-order valence-corrected chi connectivity index (χ1v) is 3.91. The van der Waals surface area contributed by atoms with Gasteiger partial charge in [0.2, 0.25) is 0 Å². The van der Waals surface area contributed by atoms with Crippen molar-refractivity contribution in [2.45, 2.75) is 32.2 Å². The molecule has 0 amide bonds. The molecule has 1 aliphatic rings. The Balaban J connectivity index is 2.55. The Morgan fingerprint density at radius 3 is 3.27 bits per heavy atom.